The second-order valence-electron chi connectivity index (χ2n) is 5.79. The van der Waals surface area contributed by atoms with Crippen LogP contribution in [0.4, 0.5) is 0 Å². The molecule has 0 radical (unpaired) electrons. The number of hydrogen-bond acceptors (Lipinski definition) is 4. The van der Waals surface area contributed by atoms with Crippen LogP contribution < -0.4 is 10.1 Å². The Morgan fingerprint density at radius 2 is 1.83 bits per heavy atom. The van der Waals surface area contributed by atoms with E-state index in [4.69, 9.17) is 4.74 Å². The average molecular weight is 340 g/mol. The van der Waals surface area contributed by atoms with E-state index in [9.17, 15) is 13.2 Å². The Morgan fingerprint density at radius 1 is 1.26 bits per heavy atom. The highest BCUT2D eigenvalue weighted by Crippen LogP contribution is 2.34. The summed E-state index contributed by atoms with van der Waals surface area (Å²) in [4.78, 5) is 11.7. The highest BCUT2D eigenvalue weighted by molar-refractivity contribution is 7.89. The highest BCUT2D eigenvalue weighted by atomic mass is 32.2. The van der Waals surface area contributed by atoms with Crippen LogP contribution in [0.25, 0.3) is 0 Å². The second-order valence-corrected chi connectivity index (χ2v) is 8.05. The van der Waals surface area contributed by atoms with Gasteiger partial charge in [-0.2, -0.15) is 0 Å². The molecule has 0 saturated carbocycles. The lowest BCUT2D eigenvalue weighted by atomic mass is 9.81. The topological polar surface area (TPSA) is 75.7 Å². The van der Waals surface area contributed by atoms with Crippen molar-refractivity contribution >= 4 is 15.9 Å². The summed E-state index contributed by atoms with van der Waals surface area (Å²) in [5, 5.41) is 3.04. The Kier molecular flexibility index (Phi) is 5.31. The number of nitrogens with one attached hydrogen (secondary N) is 1. The van der Waals surface area contributed by atoms with Crippen LogP contribution in [0.3, 0.4) is 0 Å². The normalized spacial score (nSPS) is 18.4. The third-order valence-corrected chi connectivity index (χ3v) is 6.27. The van der Waals surface area contributed by atoms with E-state index >= 15 is 0 Å². The fraction of sp³-hybridized carbons (Fsp3) is 0.562. The number of nitrogens with zero attached hydrogens (tertiary/aromatic N) is 1. The van der Waals surface area contributed by atoms with Gasteiger partial charge in [-0.15, -0.1) is 0 Å². The summed E-state index contributed by atoms with van der Waals surface area (Å²) in [6.45, 7) is 3.94. The van der Waals surface area contributed by atoms with Crippen molar-refractivity contribution in [3.05, 3.63) is 29.8 Å². The van der Waals surface area contributed by atoms with E-state index in [0.717, 1.165) is 11.3 Å². The summed E-state index contributed by atoms with van der Waals surface area (Å²) in [5.41, 5.74) is 0.444. The second kappa shape index (κ2) is 6.88. The van der Waals surface area contributed by atoms with Crippen molar-refractivity contribution in [3.8, 4) is 5.75 Å². The third kappa shape index (κ3) is 3.84. The van der Waals surface area contributed by atoms with Crippen molar-refractivity contribution in [2.75, 3.05) is 26.0 Å². The summed E-state index contributed by atoms with van der Waals surface area (Å²) in [5.74, 6) is 0.730. The molecule has 128 valence electrons. The Morgan fingerprint density at radius 3 is 2.26 bits per heavy atom. The fourth-order valence-electron chi connectivity index (χ4n) is 3.06. The summed E-state index contributed by atoms with van der Waals surface area (Å²) in [6.07, 6.45) is 1.11. The monoisotopic (exact) mass is 340 g/mol. The minimum absolute atomic E-state index is 0.0999. The van der Waals surface area contributed by atoms with E-state index in [1.54, 1.807) is 14.0 Å². The van der Waals surface area contributed by atoms with Gasteiger partial charge in [-0.05, 0) is 37.5 Å². The first-order valence-corrected chi connectivity index (χ1v) is 9.35. The van der Waals surface area contributed by atoms with Gasteiger partial charge in [-0.25, -0.2) is 12.7 Å². The van der Waals surface area contributed by atoms with Crippen molar-refractivity contribution in [1.82, 2.24) is 9.62 Å². The zero-order chi connectivity index (χ0) is 17.1. The van der Waals surface area contributed by atoms with E-state index in [2.05, 4.69) is 5.32 Å². The molecule has 0 aliphatic carbocycles. The maximum atomic E-state index is 12.0. The van der Waals surface area contributed by atoms with E-state index in [1.807, 2.05) is 24.3 Å². The number of piperidine rings is 1. The van der Waals surface area contributed by atoms with Gasteiger partial charge in [0.15, 0.2) is 0 Å². The lowest BCUT2D eigenvalue weighted by Crippen LogP contribution is -2.53. The van der Waals surface area contributed by atoms with Crippen LogP contribution >= 0.6 is 0 Å². The largest absolute Gasteiger partial charge is 0.497 e. The average Bonchev–Trinajstić information content (AvgIpc) is 2.55. The van der Waals surface area contributed by atoms with Gasteiger partial charge in [-0.3, -0.25) is 4.79 Å². The first kappa shape index (κ1) is 17.7. The van der Waals surface area contributed by atoms with Crippen LogP contribution in [-0.4, -0.2) is 44.6 Å². The van der Waals surface area contributed by atoms with Crippen LogP contribution in [0, 0.1) is 0 Å². The van der Waals surface area contributed by atoms with E-state index in [1.165, 1.54) is 11.2 Å². The smallest absolute Gasteiger partial charge is 0.217 e. The molecule has 23 heavy (non-hydrogen) atoms. The molecule has 1 aliphatic rings. The lowest BCUT2D eigenvalue weighted by Gasteiger charge is -2.42. The summed E-state index contributed by atoms with van der Waals surface area (Å²) in [7, 11) is -1.59. The predicted octanol–water partition coefficient (Wildman–Crippen LogP) is 1.47. The number of amides is 1. The SMILES string of the molecule is CCS(=O)(=O)N1CCC(NC(C)=O)(c2ccc(OC)cc2)CC1. The van der Waals surface area contributed by atoms with Crippen molar-refractivity contribution in [2.45, 2.75) is 32.2 Å². The van der Waals surface area contributed by atoms with E-state index < -0.39 is 15.6 Å². The number of rotatable bonds is 5. The van der Waals surface area contributed by atoms with Gasteiger partial charge in [0.25, 0.3) is 0 Å². The van der Waals surface area contributed by atoms with Crippen LogP contribution in [0.15, 0.2) is 24.3 Å². The highest BCUT2D eigenvalue weighted by Gasteiger charge is 2.39. The number of methoxy groups -OCH3 is 1. The zero-order valence-corrected chi connectivity index (χ0v) is 14.6. The number of ether oxygens (including phenoxy) is 1. The molecule has 2 rings (SSSR count). The Labute approximate surface area is 137 Å². The van der Waals surface area contributed by atoms with Crippen molar-refractivity contribution in [2.24, 2.45) is 0 Å². The fourth-order valence-corrected chi connectivity index (χ4v) is 4.17. The molecule has 7 heteroatoms. The molecule has 1 saturated heterocycles. The molecule has 1 amide bonds. The molecule has 1 N–H and O–H groups in total. The molecule has 6 nitrogen and oxygen atoms in total. The van der Waals surface area contributed by atoms with Gasteiger partial charge in [0.2, 0.25) is 15.9 Å². The molecular weight excluding hydrogens is 316 g/mol. The van der Waals surface area contributed by atoms with Crippen molar-refractivity contribution < 1.29 is 17.9 Å². The molecule has 1 aromatic rings. The molecule has 0 aromatic heterocycles. The molecule has 1 aliphatic heterocycles. The summed E-state index contributed by atoms with van der Waals surface area (Å²) >= 11 is 0. The minimum atomic E-state index is -3.19. The minimum Gasteiger partial charge on any atom is -0.497 e. The number of carbonyl (C=O) groups excluding carboxylic acids is 1. The van der Waals surface area contributed by atoms with Gasteiger partial charge in [0.1, 0.15) is 5.75 Å². The molecule has 0 unspecified atom stereocenters. The van der Waals surface area contributed by atoms with Gasteiger partial charge in [0.05, 0.1) is 18.4 Å². The van der Waals surface area contributed by atoms with Gasteiger partial charge in [-0.1, -0.05) is 12.1 Å². The van der Waals surface area contributed by atoms with E-state index in [-0.39, 0.29) is 11.7 Å². The zero-order valence-electron chi connectivity index (χ0n) is 13.8. The van der Waals surface area contributed by atoms with Crippen molar-refractivity contribution in [1.29, 1.82) is 0 Å². The predicted molar refractivity (Wildman–Crippen MR) is 88.8 cm³/mol. The third-order valence-electron chi connectivity index (χ3n) is 4.39. The molecule has 0 bridgehead atoms. The van der Waals surface area contributed by atoms with Crippen LogP contribution in [0.1, 0.15) is 32.3 Å². The molecule has 0 spiro atoms. The summed E-state index contributed by atoms with van der Waals surface area (Å²) < 4.78 is 30.7. The number of benzene rings is 1. The standard InChI is InChI=1S/C16H24N2O4S/c1-4-23(20,21)18-11-9-16(10-12-18,17-13(2)19)14-5-7-15(22-3)8-6-14/h5-8H,4,9-12H2,1-3H3,(H,17,19). The lowest BCUT2D eigenvalue weighted by molar-refractivity contribution is -0.121. The first-order chi connectivity index (χ1) is 10.8. The van der Waals surface area contributed by atoms with Crippen LogP contribution in [-0.2, 0) is 20.4 Å². The Balaban J connectivity index is 2.26. The van der Waals surface area contributed by atoms with Gasteiger partial charge >= 0.3 is 0 Å². The molecule has 1 fully saturated rings. The molecular formula is C16H24N2O4S. The molecule has 0 atom stereocenters. The van der Waals surface area contributed by atoms with Crippen molar-refractivity contribution in [3.63, 3.8) is 0 Å². The number of carbonyl (C=O) groups is 1. The van der Waals surface area contributed by atoms with Gasteiger partial charge in [0, 0.05) is 20.0 Å². The first-order valence-electron chi connectivity index (χ1n) is 7.74. The van der Waals surface area contributed by atoms with E-state index in [0.29, 0.717) is 25.9 Å². The van der Waals surface area contributed by atoms with Crippen LogP contribution in [0.2, 0.25) is 0 Å². The Hall–Kier alpha value is -1.60. The molecule has 1 heterocycles. The van der Waals surface area contributed by atoms with Crippen LogP contribution in [0.5, 0.6) is 5.75 Å². The number of hydrogen-bond donors (Lipinski definition) is 1. The summed E-state index contributed by atoms with van der Waals surface area (Å²) in [6, 6.07) is 7.57. The molecule has 1 aromatic carbocycles. The Bertz CT molecular complexity index is 647. The maximum Gasteiger partial charge on any atom is 0.217 e. The maximum absolute atomic E-state index is 12.0. The van der Waals surface area contributed by atoms with Gasteiger partial charge < -0.3 is 10.1 Å². The quantitative estimate of drug-likeness (QED) is 0.881. The number of sulfonamides is 1.